The van der Waals surface area contributed by atoms with Crippen LogP contribution < -0.4 is 0 Å². The number of hydrogen-bond donors (Lipinski definition) is 7. The van der Waals surface area contributed by atoms with Crippen molar-refractivity contribution < 1.29 is 69.0 Å². The molecule has 2 aliphatic heterocycles. The van der Waals surface area contributed by atoms with Crippen LogP contribution in [0.4, 0.5) is 0 Å². The highest BCUT2D eigenvalue weighted by Crippen LogP contribution is 2.27. The molecule has 0 aromatic carbocycles. The first-order chi connectivity index (χ1) is 36.6. The molecule has 0 spiro atoms. The van der Waals surface area contributed by atoms with Gasteiger partial charge in [-0.25, -0.2) is 0 Å². The average molecular weight is 1070 g/mol. The normalized spacial score (nSPS) is 25.0. The minimum Gasteiger partial charge on any atom is -0.457 e. The number of unbranched alkanes of at least 4 members (excludes halogenated alkanes) is 24. The Morgan fingerprint density at radius 2 is 0.867 bits per heavy atom. The predicted molar refractivity (Wildman–Crippen MR) is 298 cm³/mol. The summed E-state index contributed by atoms with van der Waals surface area (Å²) in [6.07, 6.45) is 42.8. The summed E-state index contributed by atoms with van der Waals surface area (Å²) in [6, 6.07) is 0. The Morgan fingerprint density at radius 1 is 0.453 bits per heavy atom. The molecule has 0 bridgehead atoms. The summed E-state index contributed by atoms with van der Waals surface area (Å²) in [4.78, 5) is 13.1. The number of aliphatic hydroxyl groups is 7. The molecule has 436 valence electrons. The van der Waals surface area contributed by atoms with Gasteiger partial charge >= 0.3 is 5.97 Å². The Hall–Kier alpha value is -2.31. The van der Waals surface area contributed by atoms with Crippen molar-refractivity contribution in [2.45, 2.75) is 287 Å². The van der Waals surface area contributed by atoms with E-state index in [2.05, 4.69) is 74.6 Å². The molecule has 75 heavy (non-hydrogen) atoms. The van der Waals surface area contributed by atoms with Gasteiger partial charge in [0, 0.05) is 13.0 Å². The van der Waals surface area contributed by atoms with Gasteiger partial charge in [-0.1, -0.05) is 216 Å². The van der Waals surface area contributed by atoms with Crippen molar-refractivity contribution in [3.8, 4) is 0 Å². The lowest BCUT2D eigenvalue weighted by molar-refractivity contribution is -0.332. The Balaban J connectivity index is 1.72. The van der Waals surface area contributed by atoms with Crippen molar-refractivity contribution in [1.29, 1.82) is 0 Å². The molecule has 2 rings (SSSR count). The third-order valence-electron chi connectivity index (χ3n) is 14.0. The SMILES string of the molecule is CC/C=C\C/C=C\C/C=C\C/C=C\C/C=C\CCCCCCOCC(COC1OC(COC2OC(CO)C(O)C(O)C2O)C(O)C(O)C1O)OC(=O)CCCCCCCCCCCCCCCCCCCCCCC. The lowest BCUT2D eigenvalue weighted by Gasteiger charge is -2.42. The fourth-order valence-electron chi connectivity index (χ4n) is 9.25. The summed E-state index contributed by atoms with van der Waals surface area (Å²) in [6.45, 7) is 3.54. The van der Waals surface area contributed by atoms with Crippen LogP contribution in [0.3, 0.4) is 0 Å². The number of rotatable bonds is 48. The molecule has 11 atom stereocenters. The van der Waals surface area contributed by atoms with Crippen molar-refractivity contribution in [3.05, 3.63) is 60.8 Å². The smallest absolute Gasteiger partial charge is 0.306 e. The molecule has 0 aromatic heterocycles. The second-order valence-electron chi connectivity index (χ2n) is 20.8. The van der Waals surface area contributed by atoms with Crippen LogP contribution in [-0.4, -0.2) is 142 Å². The van der Waals surface area contributed by atoms with Gasteiger partial charge in [0.25, 0.3) is 0 Å². The zero-order valence-electron chi connectivity index (χ0n) is 46.8. The molecule has 0 aromatic rings. The van der Waals surface area contributed by atoms with Crippen LogP contribution in [0.2, 0.25) is 0 Å². The van der Waals surface area contributed by atoms with E-state index in [1.165, 1.54) is 109 Å². The molecular weight excluding hydrogens is 957 g/mol. The number of hydrogen-bond acceptors (Lipinski definition) is 14. The minimum atomic E-state index is -1.71. The fraction of sp³-hybridized carbons (Fsp3) is 0.820. The third-order valence-corrected chi connectivity index (χ3v) is 14.0. The van der Waals surface area contributed by atoms with Gasteiger partial charge in [0.2, 0.25) is 0 Å². The van der Waals surface area contributed by atoms with Crippen LogP contribution in [-0.2, 0) is 33.2 Å². The minimum absolute atomic E-state index is 0.0444. The van der Waals surface area contributed by atoms with E-state index in [4.69, 9.17) is 28.4 Å². The van der Waals surface area contributed by atoms with Gasteiger partial charge in [0.05, 0.1) is 26.4 Å². The number of aliphatic hydroxyl groups excluding tert-OH is 7. The van der Waals surface area contributed by atoms with Gasteiger partial charge in [0.15, 0.2) is 12.6 Å². The largest absolute Gasteiger partial charge is 0.457 e. The second kappa shape index (κ2) is 47.7. The molecule has 7 N–H and O–H groups in total. The zero-order chi connectivity index (χ0) is 54.4. The Morgan fingerprint density at radius 3 is 1.36 bits per heavy atom. The lowest BCUT2D eigenvalue weighted by Crippen LogP contribution is -2.61. The summed E-state index contributed by atoms with van der Waals surface area (Å²) >= 11 is 0. The monoisotopic (exact) mass is 1060 g/mol. The van der Waals surface area contributed by atoms with E-state index in [0.29, 0.717) is 13.0 Å². The van der Waals surface area contributed by atoms with Crippen molar-refractivity contribution >= 4 is 5.97 Å². The third kappa shape index (κ3) is 34.3. The summed E-state index contributed by atoms with van der Waals surface area (Å²) in [5.74, 6) is -0.383. The Labute approximate surface area is 454 Å². The number of carbonyl (C=O) groups excluding carboxylic acids is 1. The van der Waals surface area contributed by atoms with Crippen molar-refractivity contribution in [3.63, 3.8) is 0 Å². The lowest BCUT2D eigenvalue weighted by atomic mass is 9.98. The first-order valence-corrected chi connectivity index (χ1v) is 29.9. The average Bonchev–Trinajstić information content (AvgIpc) is 3.41. The fourth-order valence-corrected chi connectivity index (χ4v) is 9.25. The Kier molecular flexibility index (Phi) is 43.7. The van der Waals surface area contributed by atoms with E-state index in [-0.39, 0.29) is 25.6 Å². The van der Waals surface area contributed by atoms with E-state index in [1.54, 1.807) is 0 Å². The molecule has 2 saturated heterocycles. The molecule has 2 aliphatic rings. The zero-order valence-corrected chi connectivity index (χ0v) is 46.8. The molecule has 2 fully saturated rings. The molecular formula is C61H108O14. The van der Waals surface area contributed by atoms with E-state index in [0.717, 1.165) is 83.5 Å². The second-order valence-corrected chi connectivity index (χ2v) is 20.8. The summed E-state index contributed by atoms with van der Waals surface area (Å²) in [5.41, 5.74) is 0. The number of allylic oxidation sites excluding steroid dienone is 10. The van der Waals surface area contributed by atoms with Gasteiger partial charge in [-0.2, -0.15) is 0 Å². The molecule has 0 saturated carbocycles. The molecule has 14 heteroatoms. The van der Waals surface area contributed by atoms with E-state index in [1.807, 2.05) is 0 Å². The molecule has 0 radical (unpaired) electrons. The van der Waals surface area contributed by atoms with Crippen LogP contribution in [0, 0.1) is 0 Å². The summed E-state index contributed by atoms with van der Waals surface area (Å²) in [7, 11) is 0. The van der Waals surface area contributed by atoms with Crippen molar-refractivity contribution in [1.82, 2.24) is 0 Å². The van der Waals surface area contributed by atoms with E-state index in [9.17, 15) is 40.5 Å². The maximum Gasteiger partial charge on any atom is 0.306 e. The highest BCUT2D eigenvalue weighted by atomic mass is 16.7. The number of esters is 1. The van der Waals surface area contributed by atoms with Gasteiger partial charge < -0.3 is 64.2 Å². The molecule has 14 nitrogen and oxygen atoms in total. The molecule has 2 heterocycles. The maximum atomic E-state index is 13.1. The highest BCUT2D eigenvalue weighted by molar-refractivity contribution is 5.69. The van der Waals surface area contributed by atoms with Crippen molar-refractivity contribution in [2.24, 2.45) is 0 Å². The van der Waals surface area contributed by atoms with Crippen LogP contribution in [0.15, 0.2) is 60.8 Å². The topological polar surface area (TPSA) is 214 Å². The van der Waals surface area contributed by atoms with Gasteiger partial charge in [-0.05, 0) is 57.8 Å². The Bertz CT molecular complexity index is 1470. The predicted octanol–water partition coefficient (Wildman–Crippen LogP) is 10.9. The maximum absolute atomic E-state index is 13.1. The molecule has 0 amide bonds. The number of carbonyl (C=O) groups is 1. The van der Waals surface area contributed by atoms with Crippen LogP contribution in [0.25, 0.3) is 0 Å². The number of ether oxygens (including phenoxy) is 6. The van der Waals surface area contributed by atoms with Gasteiger partial charge in [0.1, 0.15) is 54.9 Å². The standard InChI is InChI=1S/C61H108O14/c1-3-5-7-9-11-13-15-17-19-21-23-25-26-28-30-32-34-36-38-40-42-44-53(63)73-50(47-70-45-43-41-39-37-35-33-31-29-27-24-22-20-18-16-14-12-10-8-6-4-2)48-71-60-59(69)57(67)55(65)52(75-60)49-72-61-58(68)56(66)54(64)51(46-62)74-61/h6,8,12,14,18,20,24,27,31,33,50-52,54-62,64-69H,3-5,7,9-11,13,15-17,19,21-23,25-26,28-30,32,34-49H2,1-2H3/b8-6-,14-12-,20-18-,27-24-,33-31-. The van der Waals surface area contributed by atoms with Crippen LogP contribution in [0.5, 0.6) is 0 Å². The molecule has 0 aliphatic carbocycles. The van der Waals surface area contributed by atoms with E-state index >= 15 is 0 Å². The van der Waals surface area contributed by atoms with Crippen LogP contribution >= 0.6 is 0 Å². The molecule has 11 unspecified atom stereocenters. The summed E-state index contributed by atoms with van der Waals surface area (Å²) < 4.78 is 34.4. The van der Waals surface area contributed by atoms with Crippen LogP contribution in [0.1, 0.15) is 219 Å². The summed E-state index contributed by atoms with van der Waals surface area (Å²) in [5, 5.41) is 72.4. The van der Waals surface area contributed by atoms with Gasteiger partial charge in [-0.15, -0.1) is 0 Å². The van der Waals surface area contributed by atoms with Gasteiger partial charge in [-0.3, -0.25) is 4.79 Å². The van der Waals surface area contributed by atoms with Crippen molar-refractivity contribution in [2.75, 3.05) is 33.0 Å². The first kappa shape index (κ1) is 68.8. The highest BCUT2D eigenvalue weighted by Gasteiger charge is 2.47. The first-order valence-electron chi connectivity index (χ1n) is 29.9. The van der Waals surface area contributed by atoms with E-state index < -0.39 is 80.7 Å². The quantitative estimate of drug-likeness (QED) is 0.0172.